The topological polar surface area (TPSA) is 66.8 Å². The molecule has 21 heavy (non-hydrogen) atoms. The number of ether oxygens (including phenoxy) is 1. The van der Waals surface area contributed by atoms with Gasteiger partial charge in [-0.05, 0) is 43.5 Å². The molecule has 5 nitrogen and oxygen atoms in total. The van der Waals surface area contributed by atoms with Crippen molar-refractivity contribution < 1.29 is 19.4 Å². The Bertz CT molecular complexity index is 559. The SMILES string of the molecule is O=C(O)C1CC2CCC1N2C(=O)COc1ccc(Br)cc1. The Morgan fingerprint density at radius 1 is 1.29 bits per heavy atom. The standard InChI is InChI=1S/C15H16BrNO4/c16-9-1-4-11(5-2-9)21-8-14(18)17-10-3-6-13(17)12(7-10)15(19)20/h1-2,4-5,10,12-13H,3,6-8H2,(H,19,20). The second kappa shape index (κ2) is 5.67. The molecule has 1 amide bonds. The molecule has 2 heterocycles. The van der Waals surface area contributed by atoms with Gasteiger partial charge in [-0.3, -0.25) is 9.59 Å². The van der Waals surface area contributed by atoms with Gasteiger partial charge in [0.1, 0.15) is 5.75 Å². The van der Waals surface area contributed by atoms with Crippen LogP contribution >= 0.6 is 15.9 Å². The number of carbonyl (C=O) groups excluding carboxylic acids is 1. The van der Waals surface area contributed by atoms with Gasteiger partial charge in [-0.15, -0.1) is 0 Å². The van der Waals surface area contributed by atoms with Gasteiger partial charge in [-0.25, -0.2) is 0 Å². The summed E-state index contributed by atoms with van der Waals surface area (Å²) in [6, 6.07) is 7.18. The van der Waals surface area contributed by atoms with Crippen LogP contribution in [0.3, 0.4) is 0 Å². The van der Waals surface area contributed by atoms with Crippen LogP contribution < -0.4 is 4.74 Å². The van der Waals surface area contributed by atoms with E-state index in [0.717, 1.165) is 17.3 Å². The van der Waals surface area contributed by atoms with Gasteiger partial charge in [0.15, 0.2) is 6.61 Å². The van der Waals surface area contributed by atoms with E-state index in [1.54, 1.807) is 17.0 Å². The van der Waals surface area contributed by atoms with Gasteiger partial charge in [-0.1, -0.05) is 15.9 Å². The Morgan fingerprint density at radius 2 is 2.00 bits per heavy atom. The molecule has 3 rings (SSSR count). The minimum atomic E-state index is -0.797. The molecule has 3 atom stereocenters. The Kier molecular flexibility index (Phi) is 3.89. The predicted molar refractivity (Wildman–Crippen MR) is 79.0 cm³/mol. The summed E-state index contributed by atoms with van der Waals surface area (Å²) in [6.45, 7) is -0.0407. The molecule has 0 aliphatic carbocycles. The molecule has 0 saturated carbocycles. The van der Waals surface area contributed by atoms with Crippen molar-refractivity contribution in [3.8, 4) is 5.75 Å². The molecule has 1 aromatic carbocycles. The maximum absolute atomic E-state index is 12.3. The monoisotopic (exact) mass is 353 g/mol. The first-order valence-corrected chi connectivity index (χ1v) is 7.78. The van der Waals surface area contributed by atoms with Gasteiger partial charge in [-0.2, -0.15) is 0 Å². The molecule has 2 aliphatic heterocycles. The van der Waals surface area contributed by atoms with Crippen molar-refractivity contribution in [2.24, 2.45) is 5.92 Å². The second-order valence-electron chi connectivity index (χ2n) is 5.52. The zero-order valence-electron chi connectivity index (χ0n) is 11.4. The Morgan fingerprint density at radius 3 is 2.62 bits per heavy atom. The fourth-order valence-electron chi connectivity index (χ4n) is 3.39. The van der Waals surface area contributed by atoms with Gasteiger partial charge in [0, 0.05) is 16.6 Å². The molecule has 1 N–H and O–H groups in total. The van der Waals surface area contributed by atoms with Crippen LogP contribution in [-0.2, 0) is 9.59 Å². The van der Waals surface area contributed by atoms with E-state index in [0.29, 0.717) is 12.2 Å². The molecule has 2 aliphatic rings. The Labute approximate surface area is 131 Å². The predicted octanol–water partition coefficient (Wildman–Crippen LogP) is 2.29. The van der Waals surface area contributed by atoms with Crippen LogP contribution in [0.4, 0.5) is 0 Å². The molecule has 2 bridgehead atoms. The first-order valence-electron chi connectivity index (χ1n) is 6.98. The summed E-state index contributed by atoms with van der Waals surface area (Å²) in [5.74, 6) is -0.698. The number of amides is 1. The highest BCUT2D eigenvalue weighted by molar-refractivity contribution is 9.10. The van der Waals surface area contributed by atoms with Gasteiger partial charge < -0.3 is 14.7 Å². The van der Waals surface area contributed by atoms with Crippen molar-refractivity contribution in [2.45, 2.75) is 31.3 Å². The number of fused-ring (bicyclic) bond motifs is 2. The lowest BCUT2D eigenvalue weighted by molar-refractivity contribution is -0.143. The van der Waals surface area contributed by atoms with Crippen molar-refractivity contribution in [1.82, 2.24) is 4.90 Å². The van der Waals surface area contributed by atoms with E-state index < -0.39 is 11.9 Å². The minimum absolute atomic E-state index is 0.0407. The van der Waals surface area contributed by atoms with Crippen LogP contribution in [0.15, 0.2) is 28.7 Å². The van der Waals surface area contributed by atoms with Crippen molar-refractivity contribution in [3.05, 3.63) is 28.7 Å². The summed E-state index contributed by atoms with van der Waals surface area (Å²) in [6.07, 6.45) is 2.26. The average molecular weight is 354 g/mol. The minimum Gasteiger partial charge on any atom is -0.484 e. The zero-order chi connectivity index (χ0) is 15.0. The van der Waals surface area contributed by atoms with Crippen LogP contribution in [0.1, 0.15) is 19.3 Å². The molecule has 1 aromatic rings. The van der Waals surface area contributed by atoms with Crippen molar-refractivity contribution in [3.63, 3.8) is 0 Å². The number of hydrogen-bond acceptors (Lipinski definition) is 3. The highest BCUT2D eigenvalue weighted by atomic mass is 79.9. The Balaban J connectivity index is 1.61. The number of rotatable bonds is 4. The van der Waals surface area contributed by atoms with Crippen LogP contribution in [-0.4, -0.2) is 40.6 Å². The van der Waals surface area contributed by atoms with E-state index in [1.807, 2.05) is 12.1 Å². The van der Waals surface area contributed by atoms with E-state index in [1.165, 1.54) is 0 Å². The summed E-state index contributed by atoms with van der Waals surface area (Å²) in [7, 11) is 0. The quantitative estimate of drug-likeness (QED) is 0.901. The highest BCUT2D eigenvalue weighted by Crippen LogP contribution is 2.41. The maximum atomic E-state index is 12.3. The molecular weight excluding hydrogens is 338 g/mol. The van der Waals surface area contributed by atoms with Gasteiger partial charge in [0.25, 0.3) is 5.91 Å². The third kappa shape index (κ3) is 2.77. The lowest BCUT2D eigenvalue weighted by Gasteiger charge is -2.23. The van der Waals surface area contributed by atoms with Gasteiger partial charge in [0.2, 0.25) is 0 Å². The summed E-state index contributed by atoms with van der Waals surface area (Å²) in [4.78, 5) is 25.2. The zero-order valence-corrected chi connectivity index (χ0v) is 13.0. The maximum Gasteiger partial charge on any atom is 0.308 e. The van der Waals surface area contributed by atoms with Gasteiger partial charge >= 0.3 is 5.97 Å². The number of carbonyl (C=O) groups is 2. The van der Waals surface area contributed by atoms with E-state index in [4.69, 9.17) is 4.74 Å². The van der Waals surface area contributed by atoms with Crippen LogP contribution in [0, 0.1) is 5.92 Å². The second-order valence-corrected chi connectivity index (χ2v) is 6.44. The number of carboxylic acids is 1. The first-order chi connectivity index (χ1) is 10.1. The van der Waals surface area contributed by atoms with Crippen molar-refractivity contribution in [2.75, 3.05) is 6.61 Å². The fourth-order valence-corrected chi connectivity index (χ4v) is 3.66. The summed E-state index contributed by atoms with van der Waals surface area (Å²) in [5, 5.41) is 9.20. The lowest BCUT2D eigenvalue weighted by atomic mass is 9.89. The van der Waals surface area contributed by atoms with E-state index in [9.17, 15) is 14.7 Å². The number of halogens is 1. The molecule has 2 saturated heterocycles. The third-order valence-electron chi connectivity index (χ3n) is 4.32. The molecule has 112 valence electrons. The molecule has 2 fully saturated rings. The van der Waals surface area contributed by atoms with E-state index >= 15 is 0 Å². The Hall–Kier alpha value is -1.56. The van der Waals surface area contributed by atoms with E-state index in [2.05, 4.69) is 15.9 Å². The van der Waals surface area contributed by atoms with E-state index in [-0.39, 0.29) is 24.6 Å². The fraction of sp³-hybridized carbons (Fsp3) is 0.467. The number of nitrogens with zero attached hydrogens (tertiary/aromatic N) is 1. The highest BCUT2D eigenvalue weighted by Gasteiger charge is 2.51. The van der Waals surface area contributed by atoms with Crippen molar-refractivity contribution in [1.29, 1.82) is 0 Å². The van der Waals surface area contributed by atoms with Crippen LogP contribution in [0.2, 0.25) is 0 Å². The summed E-state index contributed by atoms with van der Waals surface area (Å²) < 4.78 is 6.44. The van der Waals surface area contributed by atoms with Crippen LogP contribution in [0.5, 0.6) is 5.75 Å². The normalized spacial score (nSPS) is 26.9. The first kappa shape index (κ1) is 14.4. The largest absolute Gasteiger partial charge is 0.484 e. The number of benzene rings is 1. The number of aliphatic carboxylic acids is 1. The molecule has 6 heteroatoms. The van der Waals surface area contributed by atoms with Crippen molar-refractivity contribution >= 4 is 27.8 Å². The lowest BCUT2D eigenvalue weighted by Crippen LogP contribution is -2.40. The molecule has 3 unspecified atom stereocenters. The summed E-state index contributed by atoms with van der Waals surface area (Å²) >= 11 is 3.34. The smallest absolute Gasteiger partial charge is 0.308 e. The van der Waals surface area contributed by atoms with Gasteiger partial charge in [0.05, 0.1) is 5.92 Å². The third-order valence-corrected chi connectivity index (χ3v) is 4.85. The van der Waals surface area contributed by atoms with Crippen LogP contribution in [0.25, 0.3) is 0 Å². The summed E-state index contributed by atoms with van der Waals surface area (Å²) in [5.41, 5.74) is 0. The molecular formula is C15H16BrNO4. The molecule has 0 spiro atoms. The molecule has 0 aromatic heterocycles. The average Bonchev–Trinajstić information content (AvgIpc) is 3.04. The number of hydrogen-bond donors (Lipinski definition) is 1. The number of carboxylic acid groups (broad SMARTS) is 1. The molecule has 0 radical (unpaired) electrons.